The second-order valence-electron chi connectivity index (χ2n) is 7.85. The van der Waals surface area contributed by atoms with Crippen LogP contribution in [0.15, 0.2) is 48.8 Å². The molecule has 0 bridgehead atoms. The molecule has 0 aliphatic heterocycles. The molecule has 0 radical (unpaired) electrons. The summed E-state index contributed by atoms with van der Waals surface area (Å²) in [5.41, 5.74) is 8.14. The second kappa shape index (κ2) is 9.84. The summed E-state index contributed by atoms with van der Waals surface area (Å²) >= 11 is 0. The Morgan fingerprint density at radius 1 is 1.19 bits per heavy atom. The summed E-state index contributed by atoms with van der Waals surface area (Å²) < 4.78 is 20.6. The Balaban J connectivity index is 1.54. The monoisotopic (exact) mass is 439 g/mol. The molecule has 1 aliphatic carbocycles. The third kappa shape index (κ3) is 4.92. The molecule has 0 saturated heterocycles. The van der Waals surface area contributed by atoms with Crippen molar-refractivity contribution in [1.29, 1.82) is 0 Å². The molecule has 1 fully saturated rings. The zero-order valence-electron chi connectivity index (χ0n) is 17.7. The average Bonchev–Trinajstić information content (AvgIpc) is 3.47. The first kappa shape index (κ1) is 21.8. The quantitative estimate of drug-likeness (QED) is 0.459. The lowest BCUT2D eigenvalue weighted by atomic mass is 9.90. The van der Waals surface area contributed by atoms with Gasteiger partial charge in [-0.1, -0.05) is 12.1 Å². The van der Waals surface area contributed by atoms with Crippen LogP contribution in [0.4, 0.5) is 4.39 Å². The lowest BCUT2D eigenvalue weighted by Crippen LogP contribution is -2.42. The summed E-state index contributed by atoms with van der Waals surface area (Å²) in [6.45, 7) is 0.668. The highest BCUT2D eigenvalue weighted by atomic mass is 19.1. The van der Waals surface area contributed by atoms with E-state index in [1.807, 2.05) is 18.2 Å². The van der Waals surface area contributed by atoms with Crippen molar-refractivity contribution in [3.8, 4) is 11.4 Å². The Morgan fingerprint density at radius 2 is 1.94 bits per heavy atom. The summed E-state index contributed by atoms with van der Waals surface area (Å²) in [5, 5.41) is 18.2. The van der Waals surface area contributed by atoms with Gasteiger partial charge in [-0.3, -0.25) is 4.79 Å². The van der Waals surface area contributed by atoms with E-state index in [0.29, 0.717) is 6.54 Å². The number of tetrazole rings is 1. The van der Waals surface area contributed by atoms with Gasteiger partial charge in [-0.2, -0.15) is 0 Å². The van der Waals surface area contributed by atoms with Crippen molar-refractivity contribution < 1.29 is 13.9 Å². The zero-order valence-corrected chi connectivity index (χ0v) is 17.7. The third-order valence-corrected chi connectivity index (χ3v) is 5.88. The van der Waals surface area contributed by atoms with E-state index >= 15 is 0 Å². The molecule has 10 heteroatoms. The van der Waals surface area contributed by atoms with Crippen LogP contribution in [0.3, 0.4) is 0 Å². The first-order chi connectivity index (χ1) is 15.5. The van der Waals surface area contributed by atoms with Gasteiger partial charge in [0.2, 0.25) is 5.91 Å². The van der Waals surface area contributed by atoms with Gasteiger partial charge >= 0.3 is 0 Å². The van der Waals surface area contributed by atoms with Gasteiger partial charge in [0.15, 0.2) is 0 Å². The molecule has 32 heavy (non-hydrogen) atoms. The van der Waals surface area contributed by atoms with Gasteiger partial charge in [-0.15, -0.1) is 5.10 Å². The number of benzene rings is 2. The molecule has 4 rings (SSSR count). The lowest BCUT2D eigenvalue weighted by molar-refractivity contribution is -0.117. The van der Waals surface area contributed by atoms with E-state index in [1.54, 1.807) is 23.9 Å². The number of nitrogens with one attached hydrogen (secondary N) is 2. The Bertz CT molecular complexity index is 1040. The standard InChI is InChI=1S/C22H26FN7O2/c1-32-20-9-6-17(30-13-27-28-29-30)10-15(20)11-25-18-7-8-19(26-12-21(24)31)22(18)14-2-4-16(23)5-3-14/h2-6,9-10,13,18-19,22,25-26H,7-8,11-12H2,1H3,(H2,24,31). The molecule has 1 aliphatic rings. The van der Waals surface area contributed by atoms with E-state index in [1.165, 1.54) is 18.5 Å². The van der Waals surface area contributed by atoms with Crippen molar-refractivity contribution in [3.63, 3.8) is 0 Å². The Labute approximate surface area is 185 Å². The molecule has 1 amide bonds. The summed E-state index contributed by atoms with van der Waals surface area (Å²) in [7, 11) is 1.64. The molecule has 3 atom stereocenters. The van der Waals surface area contributed by atoms with Gasteiger partial charge < -0.3 is 21.1 Å². The molecular weight excluding hydrogens is 413 g/mol. The number of carbonyl (C=O) groups excluding carboxylic acids is 1. The predicted molar refractivity (Wildman–Crippen MR) is 116 cm³/mol. The first-order valence-electron chi connectivity index (χ1n) is 10.5. The van der Waals surface area contributed by atoms with Crippen LogP contribution in [-0.4, -0.2) is 51.9 Å². The van der Waals surface area contributed by atoms with E-state index < -0.39 is 5.91 Å². The number of rotatable bonds is 9. The lowest BCUT2D eigenvalue weighted by Gasteiger charge is -2.27. The first-order valence-corrected chi connectivity index (χ1v) is 10.5. The van der Waals surface area contributed by atoms with Crippen molar-refractivity contribution >= 4 is 5.91 Å². The second-order valence-corrected chi connectivity index (χ2v) is 7.85. The highest BCUT2D eigenvalue weighted by Crippen LogP contribution is 2.36. The maximum absolute atomic E-state index is 13.5. The van der Waals surface area contributed by atoms with Crippen LogP contribution in [0.25, 0.3) is 5.69 Å². The van der Waals surface area contributed by atoms with Crippen LogP contribution >= 0.6 is 0 Å². The van der Waals surface area contributed by atoms with Gasteiger partial charge in [0.1, 0.15) is 17.9 Å². The summed E-state index contributed by atoms with van der Waals surface area (Å²) in [5.74, 6) is 0.142. The normalized spacial score (nSPS) is 20.4. The van der Waals surface area contributed by atoms with Crippen molar-refractivity contribution in [2.75, 3.05) is 13.7 Å². The number of aromatic nitrogens is 4. The van der Waals surface area contributed by atoms with Crippen LogP contribution in [0.2, 0.25) is 0 Å². The Morgan fingerprint density at radius 3 is 2.59 bits per heavy atom. The molecule has 1 saturated carbocycles. The predicted octanol–water partition coefficient (Wildman–Crippen LogP) is 1.29. The molecule has 3 unspecified atom stereocenters. The van der Waals surface area contributed by atoms with E-state index in [4.69, 9.17) is 10.5 Å². The summed E-state index contributed by atoms with van der Waals surface area (Å²) in [4.78, 5) is 11.3. The number of nitrogens with zero attached hydrogens (tertiary/aromatic N) is 4. The van der Waals surface area contributed by atoms with Crippen LogP contribution in [0.5, 0.6) is 5.75 Å². The molecule has 1 heterocycles. The van der Waals surface area contributed by atoms with Gasteiger partial charge in [-0.25, -0.2) is 9.07 Å². The maximum atomic E-state index is 13.5. The molecule has 0 spiro atoms. The van der Waals surface area contributed by atoms with Crippen LogP contribution in [0.1, 0.15) is 29.9 Å². The van der Waals surface area contributed by atoms with Crippen LogP contribution in [0, 0.1) is 5.82 Å². The minimum absolute atomic E-state index is 0.0555. The van der Waals surface area contributed by atoms with E-state index in [9.17, 15) is 9.18 Å². The minimum atomic E-state index is -0.400. The van der Waals surface area contributed by atoms with Crippen molar-refractivity contribution in [2.45, 2.75) is 37.4 Å². The molecule has 168 valence electrons. The molecule has 2 aromatic carbocycles. The minimum Gasteiger partial charge on any atom is -0.496 e. The molecule has 9 nitrogen and oxygen atoms in total. The number of halogens is 1. The fourth-order valence-corrected chi connectivity index (χ4v) is 4.40. The molecule has 4 N–H and O–H groups in total. The average molecular weight is 439 g/mol. The fourth-order valence-electron chi connectivity index (χ4n) is 4.40. The number of hydrogen-bond acceptors (Lipinski definition) is 7. The Kier molecular flexibility index (Phi) is 6.72. The number of ether oxygens (including phenoxy) is 1. The SMILES string of the molecule is COc1ccc(-n2cnnn2)cc1CNC1CCC(NCC(N)=O)C1c1ccc(F)cc1. The highest BCUT2D eigenvalue weighted by Gasteiger charge is 2.37. The van der Waals surface area contributed by atoms with E-state index in [2.05, 4.69) is 26.2 Å². The van der Waals surface area contributed by atoms with E-state index in [-0.39, 0.29) is 30.4 Å². The zero-order chi connectivity index (χ0) is 22.5. The molecule has 3 aromatic rings. The number of carbonyl (C=O) groups is 1. The van der Waals surface area contributed by atoms with Gasteiger partial charge in [-0.05, 0) is 59.2 Å². The third-order valence-electron chi connectivity index (χ3n) is 5.88. The largest absolute Gasteiger partial charge is 0.496 e. The topological polar surface area (TPSA) is 120 Å². The van der Waals surface area contributed by atoms with Crippen LogP contribution < -0.4 is 21.1 Å². The number of hydrogen-bond donors (Lipinski definition) is 3. The fraction of sp³-hybridized carbons (Fsp3) is 0.364. The van der Waals surface area contributed by atoms with Crippen molar-refractivity contribution in [1.82, 2.24) is 30.8 Å². The molecule has 1 aromatic heterocycles. The summed E-state index contributed by atoms with van der Waals surface area (Å²) in [6.07, 6.45) is 3.30. The summed E-state index contributed by atoms with van der Waals surface area (Å²) in [6, 6.07) is 12.5. The smallest absolute Gasteiger partial charge is 0.231 e. The number of nitrogens with two attached hydrogens (primary N) is 1. The highest BCUT2D eigenvalue weighted by molar-refractivity contribution is 5.75. The van der Waals surface area contributed by atoms with Gasteiger partial charge in [0.25, 0.3) is 0 Å². The van der Waals surface area contributed by atoms with Crippen LogP contribution in [-0.2, 0) is 11.3 Å². The van der Waals surface area contributed by atoms with E-state index in [0.717, 1.165) is 35.4 Å². The van der Waals surface area contributed by atoms with Crippen molar-refractivity contribution in [3.05, 3.63) is 65.7 Å². The number of primary amides is 1. The van der Waals surface area contributed by atoms with Gasteiger partial charge in [0.05, 0.1) is 19.3 Å². The van der Waals surface area contributed by atoms with Crippen molar-refractivity contribution in [2.24, 2.45) is 5.73 Å². The number of methoxy groups -OCH3 is 1. The number of amides is 1. The Hall–Kier alpha value is -3.37. The van der Waals surface area contributed by atoms with Gasteiger partial charge in [0, 0.05) is 30.1 Å². The molecular formula is C22H26FN7O2. The maximum Gasteiger partial charge on any atom is 0.231 e.